The molecule has 1 aromatic carbocycles. The third-order valence-electron chi connectivity index (χ3n) is 3.02. The summed E-state index contributed by atoms with van der Waals surface area (Å²) in [6.07, 6.45) is 4.66. The van der Waals surface area contributed by atoms with Crippen LogP contribution >= 0.6 is 11.6 Å². The Balaban J connectivity index is 1.99. The highest BCUT2D eigenvalue weighted by molar-refractivity contribution is 6.32. The van der Waals surface area contributed by atoms with E-state index in [0.717, 1.165) is 37.8 Å². The molecule has 1 aromatic heterocycles. The highest BCUT2D eigenvalue weighted by Gasteiger charge is 2.06. The predicted octanol–water partition coefficient (Wildman–Crippen LogP) is 3.72. The van der Waals surface area contributed by atoms with Crippen molar-refractivity contribution in [2.75, 3.05) is 25.6 Å². The van der Waals surface area contributed by atoms with Crippen molar-refractivity contribution in [3.8, 4) is 5.75 Å². The first-order valence-electron chi connectivity index (χ1n) is 6.94. The fraction of sp³-hybridized carbons (Fsp3) is 0.400. The Kier molecular flexibility index (Phi) is 5.90. The molecular weight excluding hydrogens is 290 g/mol. The summed E-state index contributed by atoms with van der Waals surface area (Å²) in [7, 11) is 1.60. The zero-order valence-corrected chi connectivity index (χ0v) is 13.1. The lowest BCUT2D eigenvalue weighted by Gasteiger charge is -2.11. The number of halogens is 1. The third kappa shape index (κ3) is 4.37. The Labute approximate surface area is 129 Å². The number of aryl methyl sites for hydroxylation is 1. The van der Waals surface area contributed by atoms with Crippen molar-refractivity contribution in [3.05, 3.63) is 35.6 Å². The zero-order chi connectivity index (χ0) is 15.1. The van der Waals surface area contributed by atoms with Crippen LogP contribution in [0, 0.1) is 0 Å². The van der Waals surface area contributed by atoms with Crippen molar-refractivity contribution in [3.63, 3.8) is 0 Å². The molecule has 2 aromatic rings. The number of hydrogen-bond donors (Lipinski definition) is 1. The molecule has 1 N–H and O–H groups in total. The molecular formula is C15H20ClN3O2. The van der Waals surface area contributed by atoms with Gasteiger partial charge in [0.1, 0.15) is 5.75 Å². The molecule has 0 spiro atoms. The number of benzene rings is 1. The van der Waals surface area contributed by atoms with Gasteiger partial charge in [0, 0.05) is 37.8 Å². The third-order valence-corrected chi connectivity index (χ3v) is 3.31. The SMILES string of the molecule is CCOCCCn1ccnc1Nc1ccc(OC)c(Cl)c1. The maximum absolute atomic E-state index is 6.12. The van der Waals surface area contributed by atoms with Crippen LogP contribution < -0.4 is 10.1 Å². The van der Waals surface area contributed by atoms with Crippen molar-refractivity contribution in [2.45, 2.75) is 19.9 Å². The van der Waals surface area contributed by atoms with Crippen LogP contribution in [-0.4, -0.2) is 29.9 Å². The number of hydrogen-bond acceptors (Lipinski definition) is 4. The highest BCUT2D eigenvalue weighted by Crippen LogP contribution is 2.28. The molecule has 0 aliphatic rings. The van der Waals surface area contributed by atoms with Crippen LogP contribution in [0.15, 0.2) is 30.6 Å². The summed E-state index contributed by atoms with van der Waals surface area (Å²) in [6, 6.07) is 5.55. The Morgan fingerprint density at radius 1 is 1.38 bits per heavy atom. The maximum Gasteiger partial charge on any atom is 0.207 e. The fourth-order valence-electron chi connectivity index (χ4n) is 1.97. The van der Waals surface area contributed by atoms with E-state index in [9.17, 15) is 0 Å². The normalized spacial score (nSPS) is 10.6. The van der Waals surface area contributed by atoms with E-state index in [2.05, 4.69) is 14.9 Å². The summed E-state index contributed by atoms with van der Waals surface area (Å²) in [4.78, 5) is 4.32. The molecule has 0 aliphatic heterocycles. The van der Waals surface area contributed by atoms with Crippen LogP contribution in [0.3, 0.4) is 0 Å². The molecule has 1 heterocycles. The first-order chi connectivity index (χ1) is 10.2. The largest absolute Gasteiger partial charge is 0.495 e. The molecule has 2 rings (SSSR count). The molecule has 0 saturated carbocycles. The number of nitrogens with zero attached hydrogens (tertiary/aromatic N) is 2. The highest BCUT2D eigenvalue weighted by atomic mass is 35.5. The molecule has 21 heavy (non-hydrogen) atoms. The van der Waals surface area contributed by atoms with Crippen LogP contribution in [-0.2, 0) is 11.3 Å². The van der Waals surface area contributed by atoms with E-state index < -0.39 is 0 Å². The average Bonchev–Trinajstić information content (AvgIpc) is 2.91. The number of methoxy groups -OCH3 is 1. The van der Waals surface area contributed by atoms with Crippen molar-refractivity contribution in [1.82, 2.24) is 9.55 Å². The topological polar surface area (TPSA) is 48.3 Å². The van der Waals surface area contributed by atoms with Crippen LogP contribution in [0.1, 0.15) is 13.3 Å². The minimum atomic E-state index is 0.567. The van der Waals surface area contributed by atoms with Crippen LogP contribution in [0.2, 0.25) is 5.02 Å². The molecule has 0 amide bonds. The van der Waals surface area contributed by atoms with Gasteiger partial charge in [-0.25, -0.2) is 4.98 Å². The summed E-state index contributed by atoms with van der Waals surface area (Å²) in [5.74, 6) is 1.44. The van der Waals surface area contributed by atoms with Gasteiger partial charge >= 0.3 is 0 Å². The molecule has 0 bridgehead atoms. The van der Waals surface area contributed by atoms with Crippen LogP contribution in [0.5, 0.6) is 5.75 Å². The molecule has 0 saturated heterocycles. The molecule has 5 nitrogen and oxygen atoms in total. The standard InChI is InChI=1S/C15H20ClN3O2/c1-3-21-10-4-8-19-9-7-17-15(19)18-12-5-6-14(20-2)13(16)11-12/h5-7,9,11H,3-4,8,10H2,1-2H3,(H,17,18). The van der Waals surface area contributed by atoms with Crippen molar-refractivity contribution in [2.24, 2.45) is 0 Å². The van der Waals surface area contributed by atoms with Gasteiger partial charge in [-0.05, 0) is 31.5 Å². The number of imidazole rings is 1. The van der Waals surface area contributed by atoms with Gasteiger partial charge in [-0.15, -0.1) is 0 Å². The summed E-state index contributed by atoms with van der Waals surface area (Å²) >= 11 is 6.12. The first kappa shape index (κ1) is 15.7. The lowest BCUT2D eigenvalue weighted by atomic mass is 10.3. The minimum absolute atomic E-state index is 0.567. The smallest absolute Gasteiger partial charge is 0.207 e. The quantitative estimate of drug-likeness (QED) is 0.755. The van der Waals surface area contributed by atoms with Gasteiger partial charge in [-0.2, -0.15) is 0 Å². The Morgan fingerprint density at radius 3 is 2.95 bits per heavy atom. The molecule has 6 heteroatoms. The Bertz CT molecular complexity index is 572. The van der Waals surface area contributed by atoms with Gasteiger partial charge in [0.2, 0.25) is 5.95 Å². The minimum Gasteiger partial charge on any atom is -0.495 e. The van der Waals surface area contributed by atoms with Crippen LogP contribution in [0.25, 0.3) is 0 Å². The predicted molar refractivity (Wildman–Crippen MR) is 84.6 cm³/mol. The summed E-state index contributed by atoms with van der Waals surface area (Å²) in [6.45, 7) is 4.35. The molecule has 0 atom stereocenters. The van der Waals surface area contributed by atoms with Gasteiger partial charge in [-0.3, -0.25) is 0 Å². The second-order valence-electron chi connectivity index (χ2n) is 4.47. The Hall–Kier alpha value is -1.72. The van der Waals surface area contributed by atoms with Gasteiger partial charge in [-0.1, -0.05) is 11.6 Å². The van der Waals surface area contributed by atoms with Gasteiger partial charge < -0.3 is 19.4 Å². The molecule has 0 fully saturated rings. The van der Waals surface area contributed by atoms with Crippen LogP contribution in [0.4, 0.5) is 11.6 Å². The summed E-state index contributed by atoms with van der Waals surface area (Å²) < 4.78 is 12.5. The van der Waals surface area contributed by atoms with Crippen molar-refractivity contribution < 1.29 is 9.47 Å². The van der Waals surface area contributed by atoms with Gasteiger partial charge in [0.05, 0.1) is 12.1 Å². The average molecular weight is 310 g/mol. The second kappa shape index (κ2) is 7.90. The van der Waals surface area contributed by atoms with Gasteiger partial charge in [0.25, 0.3) is 0 Å². The summed E-state index contributed by atoms with van der Waals surface area (Å²) in [5.41, 5.74) is 0.873. The van der Waals surface area contributed by atoms with E-state index in [-0.39, 0.29) is 0 Å². The summed E-state index contributed by atoms with van der Waals surface area (Å²) in [5, 5.41) is 3.82. The van der Waals surface area contributed by atoms with E-state index in [4.69, 9.17) is 21.1 Å². The van der Waals surface area contributed by atoms with E-state index >= 15 is 0 Å². The zero-order valence-electron chi connectivity index (χ0n) is 12.3. The van der Waals surface area contributed by atoms with E-state index in [1.165, 1.54) is 0 Å². The number of aromatic nitrogens is 2. The molecule has 114 valence electrons. The van der Waals surface area contributed by atoms with Gasteiger partial charge in [0.15, 0.2) is 0 Å². The number of ether oxygens (including phenoxy) is 2. The van der Waals surface area contributed by atoms with Crippen molar-refractivity contribution >= 4 is 23.2 Å². The van der Waals surface area contributed by atoms with Crippen molar-refractivity contribution in [1.29, 1.82) is 0 Å². The monoisotopic (exact) mass is 309 g/mol. The first-order valence-corrected chi connectivity index (χ1v) is 7.31. The van der Waals surface area contributed by atoms with E-state index in [1.54, 1.807) is 13.3 Å². The fourth-order valence-corrected chi connectivity index (χ4v) is 2.23. The second-order valence-corrected chi connectivity index (χ2v) is 4.88. The number of nitrogens with one attached hydrogen (secondary N) is 1. The number of rotatable bonds is 8. The Morgan fingerprint density at radius 2 is 2.24 bits per heavy atom. The molecule has 0 radical (unpaired) electrons. The lowest BCUT2D eigenvalue weighted by molar-refractivity contribution is 0.142. The van der Waals surface area contributed by atoms with E-state index in [1.807, 2.05) is 31.3 Å². The lowest BCUT2D eigenvalue weighted by Crippen LogP contribution is -2.06. The maximum atomic E-state index is 6.12. The molecule has 0 unspecified atom stereocenters. The number of anilines is 2. The van der Waals surface area contributed by atoms with E-state index in [0.29, 0.717) is 10.8 Å². The molecule has 0 aliphatic carbocycles.